The monoisotopic (exact) mass is 351 g/mol. The molecule has 0 heterocycles. The zero-order valence-corrected chi connectivity index (χ0v) is 15.9. The van der Waals surface area contributed by atoms with E-state index in [1.165, 1.54) is 0 Å². The number of rotatable bonds is 6. The summed E-state index contributed by atoms with van der Waals surface area (Å²) in [4.78, 5) is 24.3. The number of hydrogen-bond donors (Lipinski definition) is 1. The smallest absolute Gasteiger partial charge is 0.408 e. The Balaban J connectivity index is 2.64. The topological polar surface area (TPSA) is 73.9 Å². The van der Waals surface area contributed by atoms with Crippen LogP contribution in [0.1, 0.15) is 47.1 Å². The van der Waals surface area contributed by atoms with Crippen molar-refractivity contribution in [2.75, 3.05) is 6.61 Å². The van der Waals surface area contributed by atoms with E-state index < -0.39 is 29.3 Å². The van der Waals surface area contributed by atoms with E-state index >= 15 is 0 Å². The van der Waals surface area contributed by atoms with Crippen molar-refractivity contribution in [3.63, 3.8) is 0 Å². The van der Waals surface area contributed by atoms with Gasteiger partial charge in [0.1, 0.15) is 12.2 Å². The molecule has 25 heavy (non-hydrogen) atoms. The number of benzene rings is 1. The maximum atomic E-state index is 12.3. The summed E-state index contributed by atoms with van der Waals surface area (Å²) in [6.45, 7) is 11.0. The van der Waals surface area contributed by atoms with E-state index in [-0.39, 0.29) is 13.2 Å². The van der Waals surface area contributed by atoms with Gasteiger partial charge < -0.3 is 19.5 Å². The summed E-state index contributed by atoms with van der Waals surface area (Å²) in [7, 11) is 0. The van der Waals surface area contributed by atoms with Crippen LogP contribution < -0.4 is 5.32 Å². The fourth-order valence-electron chi connectivity index (χ4n) is 1.78. The molecule has 1 aromatic rings. The van der Waals surface area contributed by atoms with Gasteiger partial charge in [-0.05, 0) is 47.1 Å². The molecule has 0 aromatic heterocycles. The molecule has 1 aromatic carbocycles. The Morgan fingerprint density at radius 1 is 1.00 bits per heavy atom. The number of hydrogen-bond acceptors (Lipinski definition) is 5. The first kappa shape index (κ1) is 21.0. The number of amides is 1. The van der Waals surface area contributed by atoms with E-state index in [0.717, 1.165) is 5.56 Å². The predicted octanol–water partition coefficient (Wildman–Crippen LogP) is 3.44. The van der Waals surface area contributed by atoms with Gasteiger partial charge in [0, 0.05) is 0 Å². The molecule has 6 heteroatoms. The van der Waals surface area contributed by atoms with Crippen LogP contribution in [0.5, 0.6) is 0 Å². The molecule has 0 saturated heterocycles. The molecule has 1 N–H and O–H groups in total. The van der Waals surface area contributed by atoms with Gasteiger partial charge in [-0.1, -0.05) is 30.3 Å². The normalized spacial score (nSPS) is 13.0. The molecule has 0 aliphatic carbocycles. The van der Waals surface area contributed by atoms with Gasteiger partial charge in [0.25, 0.3) is 0 Å². The van der Waals surface area contributed by atoms with Crippen LogP contribution in [-0.4, -0.2) is 35.9 Å². The number of nitrogens with one attached hydrogen (secondary N) is 1. The second-order valence-corrected chi connectivity index (χ2v) is 7.72. The molecule has 1 rings (SSSR count). The average Bonchev–Trinajstić information content (AvgIpc) is 2.47. The van der Waals surface area contributed by atoms with Crippen molar-refractivity contribution in [2.24, 2.45) is 0 Å². The van der Waals surface area contributed by atoms with Crippen LogP contribution in [0.3, 0.4) is 0 Å². The summed E-state index contributed by atoms with van der Waals surface area (Å²) in [5.74, 6) is -0.562. The molecule has 140 valence electrons. The van der Waals surface area contributed by atoms with Crippen molar-refractivity contribution >= 4 is 12.1 Å². The second kappa shape index (κ2) is 8.85. The number of carbonyl (C=O) groups is 2. The van der Waals surface area contributed by atoms with E-state index in [2.05, 4.69) is 5.32 Å². The van der Waals surface area contributed by atoms with E-state index in [0.29, 0.717) is 0 Å². The SMILES string of the molecule is CC(C)(C)OC[C@@H](NC(=O)OCc1ccccc1)C(=O)OC(C)(C)C. The fraction of sp³-hybridized carbons (Fsp3) is 0.579. The molecule has 0 saturated carbocycles. The van der Waals surface area contributed by atoms with E-state index in [4.69, 9.17) is 14.2 Å². The van der Waals surface area contributed by atoms with Crippen LogP contribution in [0.25, 0.3) is 0 Å². The summed E-state index contributed by atoms with van der Waals surface area (Å²) < 4.78 is 16.1. The van der Waals surface area contributed by atoms with E-state index in [1.807, 2.05) is 51.1 Å². The van der Waals surface area contributed by atoms with Crippen molar-refractivity contribution in [1.82, 2.24) is 5.32 Å². The highest BCUT2D eigenvalue weighted by Gasteiger charge is 2.29. The van der Waals surface area contributed by atoms with E-state index in [9.17, 15) is 9.59 Å². The molecule has 0 unspecified atom stereocenters. The van der Waals surface area contributed by atoms with Crippen molar-refractivity contribution in [1.29, 1.82) is 0 Å². The Hall–Kier alpha value is -2.08. The van der Waals surface area contributed by atoms with Gasteiger partial charge in [0.2, 0.25) is 0 Å². The third kappa shape index (κ3) is 9.72. The molecule has 6 nitrogen and oxygen atoms in total. The Kier molecular flexibility index (Phi) is 7.42. The molecule has 1 amide bonds. The first-order valence-electron chi connectivity index (χ1n) is 8.30. The second-order valence-electron chi connectivity index (χ2n) is 7.72. The highest BCUT2D eigenvalue weighted by atomic mass is 16.6. The maximum Gasteiger partial charge on any atom is 0.408 e. The van der Waals surface area contributed by atoms with Gasteiger partial charge in [-0.15, -0.1) is 0 Å². The standard InChI is InChI=1S/C19H29NO5/c1-18(2,3)24-13-15(16(21)25-19(4,5)6)20-17(22)23-12-14-10-8-7-9-11-14/h7-11,15H,12-13H2,1-6H3,(H,20,22)/t15-/m1/s1. The molecule has 0 spiro atoms. The van der Waals surface area contributed by atoms with Crippen molar-refractivity contribution < 1.29 is 23.8 Å². The lowest BCUT2D eigenvalue weighted by atomic mass is 10.1. The van der Waals surface area contributed by atoms with Crippen LogP contribution in [0.15, 0.2) is 30.3 Å². The zero-order valence-electron chi connectivity index (χ0n) is 15.9. The summed E-state index contributed by atoms with van der Waals surface area (Å²) in [5, 5.41) is 2.52. The molecular formula is C19H29NO5. The minimum absolute atomic E-state index is 0.00114. The van der Waals surface area contributed by atoms with Crippen LogP contribution >= 0.6 is 0 Å². The minimum atomic E-state index is -0.943. The van der Waals surface area contributed by atoms with Gasteiger partial charge >= 0.3 is 12.1 Å². The number of alkyl carbamates (subject to hydrolysis) is 1. The summed E-state index contributed by atoms with van der Waals surface area (Å²) in [6.07, 6.45) is -0.697. The lowest BCUT2D eigenvalue weighted by Crippen LogP contribution is -2.48. The van der Waals surface area contributed by atoms with Crippen LogP contribution in [0.4, 0.5) is 4.79 Å². The Morgan fingerprint density at radius 3 is 2.12 bits per heavy atom. The highest BCUT2D eigenvalue weighted by molar-refractivity contribution is 5.81. The molecule has 0 fully saturated rings. The zero-order chi connectivity index (χ0) is 19.1. The van der Waals surface area contributed by atoms with Crippen LogP contribution in [-0.2, 0) is 25.6 Å². The molecule has 1 atom stereocenters. The molecule has 0 bridgehead atoms. The number of carbonyl (C=O) groups excluding carboxylic acids is 2. The minimum Gasteiger partial charge on any atom is -0.458 e. The molecule has 0 aliphatic rings. The van der Waals surface area contributed by atoms with Gasteiger partial charge in [-0.3, -0.25) is 0 Å². The van der Waals surface area contributed by atoms with Crippen LogP contribution in [0, 0.1) is 0 Å². The highest BCUT2D eigenvalue weighted by Crippen LogP contribution is 2.12. The van der Waals surface area contributed by atoms with Gasteiger partial charge in [-0.2, -0.15) is 0 Å². The van der Waals surface area contributed by atoms with Crippen LogP contribution in [0.2, 0.25) is 0 Å². The Morgan fingerprint density at radius 2 is 1.60 bits per heavy atom. The van der Waals surface area contributed by atoms with E-state index in [1.54, 1.807) is 20.8 Å². The average molecular weight is 351 g/mol. The third-order valence-corrected chi connectivity index (χ3v) is 2.88. The quantitative estimate of drug-likeness (QED) is 0.795. The first-order valence-corrected chi connectivity index (χ1v) is 8.30. The summed E-state index contributed by atoms with van der Waals surface area (Å²) in [5.41, 5.74) is -0.250. The van der Waals surface area contributed by atoms with Crippen molar-refractivity contribution in [3.05, 3.63) is 35.9 Å². The number of esters is 1. The largest absolute Gasteiger partial charge is 0.458 e. The van der Waals surface area contributed by atoms with Gasteiger partial charge in [0.15, 0.2) is 6.04 Å². The summed E-state index contributed by atoms with van der Waals surface area (Å²) >= 11 is 0. The first-order chi connectivity index (χ1) is 11.5. The Labute approximate surface area is 149 Å². The lowest BCUT2D eigenvalue weighted by Gasteiger charge is -2.27. The van der Waals surface area contributed by atoms with Crippen molar-refractivity contribution in [2.45, 2.75) is 65.4 Å². The third-order valence-electron chi connectivity index (χ3n) is 2.88. The summed E-state index contributed by atoms with van der Waals surface area (Å²) in [6, 6.07) is 8.35. The molecule has 0 aliphatic heterocycles. The fourth-order valence-corrected chi connectivity index (χ4v) is 1.78. The molecular weight excluding hydrogens is 322 g/mol. The predicted molar refractivity (Wildman–Crippen MR) is 95.1 cm³/mol. The lowest BCUT2D eigenvalue weighted by molar-refractivity contribution is -0.160. The maximum absolute atomic E-state index is 12.3. The van der Waals surface area contributed by atoms with Crippen molar-refractivity contribution in [3.8, 4) is 0 Å². The molecule has 0 radical (unpaired) electrons. The number of ether oxygens (including phenoxy) is 3. The Bertz CT molecular complexity index is 557. The van der Waals surface area contributed by atoms with Gasteiger partial charge in [-0.25, -0.2) is 9.59 Å². The van der Waals surface area contributed by atoms with Gasteiger partial charge in [0.05, 0.1) is 12.2 Å².